The van der Waals surface area contributed by atoms with Crippen molar-refractivity contribution in [3.8, 4) is 0 Å². The molecule has 1 N–H and O–H groups in total. The van der Waals surface area contributed by atoms with E-state index in [-0.39, 0.29) is 11.2 Å². The molecule has 0 radical (unpaired) electrons. The van der Waals surface area contributed by atoms with Crippen LogP contribution in [0.15, 0.2) is 41.8 Å². The summed E-state index contributed by atoms with van der Waals surface area (Å²) in [6.45, 7) is 3.48. The van der Waals surface area contributed by atoms with E-state index in [1.807, 2.05) is 41.6 Å². The van der Waals surface area contributed by atoms with Crippen LogP contribution in [0.4, 0.5) is 5.69 Å². The molecule has 0 bridgehead atoms. The highest BCUT2D eigenvalue weighted by atomic mass is 32.2. The molecule has 7 heteroatoms. The maximum absolute atomic E-state index is 12.6. The summed E-state index contributed by atoms with van der Waals surface area (Å²) < 4.78 is 1.83. The standard InChI is InChI=1S/C16H21N5OS/c1-12(23-16-19-17-11-20(16)2)15(22)21-9-8-14(10-21)18-13-6-4-3-5-7-13/h3-7,11-12,14,18H,8-10H2,1-2H3/t12-,14+/m1/s1. The molecule has 122 valence electrons. The number of carbonyl (C=O) groups is 1. The van der Waals surface area contributed by atoms with Gasteiger partial charge in [0, 0.05) is 31.9 Å². The van der Waals surface area contributed by atoms with Crippen molar-refractivity contribution in [1.82, 2.24) is 19.7 Å². The highest BCUT2D eigenvalue weighted by molar-refractivity contribution is 8.00. The van der Waals surface area contributed by atoms with E-state index >= 15 is 0 Å². The quantitative estimate of drug-likeness (QED) is 0.849. The first-order chi connectivity index (χ1) is 11.1. The van der Waals surface area contributed by atoms with Gasteiger partial charge in [-0.1, -0.05) is 30.0 Å². The number of nitrogens with one attached hydrogen (secondary N) is 1. The van der Waals surface area contributed by atoms with E-state index in [0.717, 1.165) is 30.4 Å². The number of para-hydroxylation sites is 1. The van der Waals surface area contributed by atoms with Gasteiger partial charge < -0.3 is 14.8 Å². The number of benzene rings is 1. The molecule has 1 fully saturated rings. The van der Waals surface area contributed by atoms with E-state index < -0.39 is 0 Å². The van der Waals surface area contributed by atoms with Gasteiger partial charge in [0.05, 0.1) is 5.25 Å². The Hall–Kier alpha value is -2.02. The molecule has 0 aliphatic carbocycles. The average molecular weight is 331 g/mol. The topological polar surface area (TPSA) is 63.1 Å². The first kappa shape index (κ1) is 15.9. The number of anilines is 1. The summed E-state index contributed by atoms with van der Waals surface area (Å²) >= 11 is 1.45. The molecular formula is C16H21N5OS. The number of likely N-dealkylation sites (tertiary alicyclic amines) is 1. The molecular weight excluding hydrogens is 310 g/mol. The summed E-state index contributed by atoms with van der Waals surface area (Å²) in [5.41, 5.74) is 1.10. The third-order valence-corrected chi connectivity index (χ3v) is 5.08. The molecule has 1 saturated heterocycles. The molecule has 23 heavy (non-hydrogen) atoms. The lowest BCUT2D eigenvalue weighted by Gasteiger charge is -2.21. The normalized spacial score (nSPS) is 18.9. The summed E-state index contributed by atoms with van der Waals surface area (Å²) in [6, 6.07) is 10.4. The van der Waals surface area contributed by atoms with Gasteiger partial charge in [0.2, 0.25) is 5.91 Å². The lowest BCUT2D eigenvalue weighted by atomic mass is 10.2. The number of carbonyl (C=O) groups excluding carboxylic acids is 1. The van der Waals surface area contributed by atoms with Gasteiger partial charge in [-0.2, -0.15) is 0 Å². The fraction of sp³-hybridized carbons (Fsp3) is 0.438. The Kier molecular flexibility index (Phi) is 4.85. The number of rotatable bonds is 5. The number of nitrogens with zero attached hydrogens (tertiary/aromatic N) is 4. The van der Waals surface area contributed by atoms with Crippen LogP contribution in [-0.4, -0.2) is 50.0 Å². The SMILES string of the molecule is C[C@@H](Sc1nncn1C)C(=O)N1CC[C@H](Nc2ccccc2)C1. The Morgan fingerprint density at radius 1 is 1.39 bits per heavy atom. The molecule has 1 aromatic heterocycles. The number of aromatic nitrogens is 3. The van der Waals surface area contributed by atoms with Gasteiger partial charge in [-0.25, -0.2) is 0 Å². The van der Waals surface area contributed by atoms with Crippen LogP contribution < -0.4 is 5.32 Å². The van der Waals surface area contributed by atoms with E-state index in [1.54, 1.807) is 6.33 Å². The molecule has 0 unspecified atom stereocenters. The van der Waals surface area contributed by atoms with Crippen molar-refractivity contribution in [3.63, 3.8) is 0 Å². The Morgan fingerprint density at radius 3 is 2.87 bits per heavy atom. The maximum Gasteiger partial charge on any atom is 0.235 e. The molecule has 3 rings (SSSR count). The average Bonchev–Trinajstić information content (AvgIpc) is 3.17. The summed E-state index contributed by atoms with van der Waals surface area (Å²) in [4.78, 5) is 14.5. The fourth-order valence-electron chi connectivity index (χ4n) is 2.69. The second-order valence-corrected chi connectivity index (χ2v) is 7.07. The number of hydrogen-bond acceptors (Lipinski definition) is 5. The number of aryl methyl sites for hydroxylation is 1. The molecule has 1 aliphatic heterocycles. The van der Waals surface area contributed by atoms with Crippen molar-refractivity contribution in [2.75, 3.05) is 18.4 Å². The van der Waals surface area contributed by atoms with Crippen molar-refractivity contribution >= 4 is 23.4 Å². The van der Waals surface area contributed by atoms with Crippen LogP contribution in [0.25, 0.3) is 0 Å². The first-order valence-electron chi connectivity index (χ1n) is 7.74. The van der Waals surface area contributed by atoms with Crippen LogP contribution in [0, 0.1) is 0 Å². The third kappa shape index (κ3) is 3.85. The second-order valence-electron chi connectivity index (χ2n) is 5.76. The zero-order chi connectivity index (χ0) is 16.2. The van der Waals surface area contributed by atoms with E-state index in [1.165, 1.54) is 11.8 Å². The monoisotopic (exact) mass is 331 g/mol. The minimum absolute atomic E-state index is 0.159. The van der Waals surface area contributed by atoms with Gasteiger partial charge in [0.25, 0.3) is 0 Å². The van der Waals surface area contributed by atoms with Crippen LogP contribution >= 0.6 is 11.8 Å². The predicted molar refractivity (Wildman–Crippen MR) is 91.4 cm³/mol. The molecule has 1 aliphatic rings. The largest absolute Gasteiger partial charge is 0.380 e. The van der Waals surface area contributed by atoms with E-state index in [2.05, 4.69) is 27.6 Å². The first-order valence-corrected chi connectivity index (χ1v) is 8.62. The van der Waals surface area contributed by atoms with Crippen LogP contribution in [0.3, 0.4) is 0 Å². The van der Waals surface area contributed by atoms with Crippen molar-refractivity contribution in [2.45, 2.75) is 29.8 Å². The van der Waals surface area contributed by atoms with Crippen LogP contribution in [-0.2, 0) is 11.8 Å². The smallest absolute Gasteiger partial charge is 0.235 e. The van der Waals surface area contributed by atoms with Gasteiger partial charge in [0.1, 0.15) is 6.33 Å². The molecule has 2 atom stereocenters. The maximum atomic E-state index is 12.6. The molecule has 6 nitrogen and oxygen atoms in total. The minimum atomic E-state index is -0.159. The zero-order valence-corrected chi connectivity index (χ0v) is 14.2. The van der Waals surface area contributed by atoms with Crippen molar-refractivity contribution in [3.05, 3.63) is 36.7 Å². The van der Waals surface area contributed by atoms with Crippen molar-refractivity contribution in [2.24, 2.45) is 7.05 Å². The summed E-state index contributed by atoms with van der Waals surface area (Å²) in [5.74, 6) is 0.162. The third-order valence-electron chi connectivity index (χ3n) is 3.94. The molecule has 0 spiro atoms. The molecule has 1 amide bonds. The van der Waals surface area contributed by atoms with Crippen LogP contribution in [0.5, 0.6) is 0 Å². The summed E-state index contributed by atoms with van der Waals surface area (Å²) in [7, 11) is 1.88. The van der Waals surface area contributed by atoms with Crippen LogP contribution in [0.1, 0.15) is 13.3 Å². The van der Waals surface area contributed by atoms with Crippen molar-refractivity contribution in [1.29, 1.82) is 0 Å². The lowest BCUT2D eigenvalue weighted by molar-refractivity contribution is -0.129. The van der Waals surface area contributed by atoms with Gasteiger partial charge in [-0.05, 0) is 25.5 Å². The molecule has 0 saturated carbocycles. The molecule has 2 heterocycles. The predicted octanol–water partition coefficient (Wildman–Crippen LogP) is 2.01. The highest BCUT2D eigenvalue weighted by Gasteiger charge is 2.30. The minimum Gasteiger partial charge on any atom is -0.380 e. The Balaban J connectivity index is 1.53. The van der Waals surface area contributed by atoms with Gasteiger partial charge in [0.15, 0.2) is 5.16 Å². The molecule has 2 aromatic rings. The number of thioether (sulfide) groups is 1. The lowest BCUT2D eigenvalue weighted by Crippen LogP contribution is -2.36. The Labute approximate surface area is 140 Å². The Bertz CT molecular complexity index is 660. The summed E-state index contributed by atoms with van der Waals surface area (Å²) in [5, 5.41) is 12.0. The Morgan fingerprint density at radius 2 is 2.17 bits per heavy atom. The fourth-order valence-corrected chi connectivity index (χ4v) is 3.57. The van der Waals surface area contributed by atoms with Crippen LogP contribution in [0.2, 0.25) is 0 Å². The van der Waals surface area contributed by atoms with E-state index in [4.69, 9.17) is 0 Å². The van der Waals surface area contributed by atoms with Gasteiger partial charge >= 0.3 is 0 Å². The number of hydrogen-bond donors (Lipinski definition) is 1. The van der Waals surface area contributed by atoms with Gasteiger partial charge in [-0.3, -0.25) is 4.79 Å². The molecule has 1 aromatic carbocycles. The van der Waals surface area contributed by atoms with E-state index in [9.17, 15) is 4.79 Å². The van der Waals surface area contributed by atoms with Gasteiger partial charge in [-0.15, -0.1) is 10.2 Å². The van der Waals surface area contributed by atoms with Crippen molar-refractivity contribution < 1.29 is 4.79 Å². The number of amides is 1. The highest BCUT2D eigenvalue weighted by Crippen LogP contribution is 2.24. The zero-order valence-electron chi connectivity index (χ0n) is 13.3. The van der Waals surface area contributed by atoms with E-state index in [0.29, 0.717) is 6.04 Å². The summed E-state index contributed by atoms with van der Waals surface area (Å²) in [6.07, 6.45) is 2.62. The second kappa shape index (κ2) is 7.04.